The Labute approximate surface area is 66.4 Å². The van der Waals surface area contributed by atoms with Gasteiger partial charge in [-0.15, -0.1) is 0 Å². The van der Waals surface area contributed by atoms with Gasteiger partial charge in [0.25, 0.3) is 0 Å². The van der Waals surface area contributed by atoms with E-state index in [1.54, 1.807) is 13.8 Å². The minimum Gasteiger partial charge on any atom is -0.351 e. The van der Waals surface area contributed by atoms with Gasteiger partial charge in [-0.1, -0.05) is 0 Å². The Balaban J connectivity index is 3.68. The summed E-state index contributed by atoms with van der Waals surface area (Å²) in [6.07, 6.45) is 0.318. The largest absolute Gasteiger partial charge is 0.351 e. The highest BCUT2D eigenvalue weighted by atomic mass is 16.2. The summed E-state index contributed by atoms with van der Waals surface area (Å²) in [4.78, 5) is 10.9. The number of amides is 1. The van der Waals surface area contributed by atoms with Crippen molar-refractivity contribution < 1.29 is 4.79 Å². The van der Waals surface area contributed by atoms with Crippen LogP contribution in [0.4, 0.5) is 0 Å². The van der Waals surface area contributed by atoms with Crippen LogP contribution >= 0.6 is 0 Å². The van der Waals surface area contributed by atoms with Crippen LogP contribution in [0.25, 0.3) is 0 Å². The summed E-state index contributed by atoms with van der Waals surface area (Å²) in [7, 11) is 0. The third kappa shape index (κ3) is 4.34. The van der Waals surface area contributed by atoms with Gasteiger partial charge in [-0.25, -0.2) is 0 Å². The van der Waals surface area contributed by atoms with Crippen molar-refractivity contribution >= 4 is 5.91 Å². The summed E-state index contributed by atoms with van der Waals surface area (Å²) >= 11 is 0. The van der Waals surface area contributed by atoms with Crippen LogP contribution in [0.3, 0.4) is 0 Å². The normalized spacial score (nSPS) is 14.7. The van der Waals surface area contributed by atoms with E-state index in [-0.39, 0.29) is 11.9 Å². The molecule has 0 radical (unpaired) electrons. The molecule has 0 aliphatic rings. The Kier molecular flexibility index (Phi) is 4.23. The summed E-state index contributed by atoms with van der Waals surface area (Å²) < 4.78 is 0. The van der Waals surface area contributed by atoms with Crippen LogP contribution in [0.5, 0.6) is 0 Å². The molecule has 0 aromatic heterocycles. The van der Waals surface area contributed by atoms with Crippen LogP contribution in [0.1, 0.15) is 20.3 Å². The van der Waals surface area contributed by atoms with Crippen molar-refractivity contribution in [3.05, 3.63) is 0 Å². The molecule has 4 heteroatoms. The van der Waals surface area contributed by atoms with E-state index in [0.717, 1.165) is 0 Å². The molecule has 0 spiro atoms. The molecule has 2 unspecified atom stereocenters. The highest BCUT2D eigenvalue weighted by Crippen LogP contribution is 1.88. The predicted molar refractivity (Wildman–Crippen MR) is 41.5 cm³/mol. The lowest BCUT2D eigenvalue weighted by Crippen LogP contribution is -2.42. The molecule has 0 saturated carbocycles. The summed E-state index contributed by atoms with van der Waals surface area (Å²) in [6, 6.07) is 1.34. The zero-order valence-corrected chi connectivity index (χ0v) is 6.79. The smallest absolute Gasteiger partial charge is 0.236 e. The van der Waals surface area contributed by atoms with Gasteiger partial charge in [0.1, 0.15) is 0 Å². The topological polar surface area (TPSA) is 78.9 Å². The molecule has 0 rings (SSSR count). The van der Waals surface area contributed by atoms with Crippen molar-refractivity contribution in [1.29, 1.82) is 5.26 Å². The van der Waals surface area contributed by atoms with Crippen LogP contribution < -0.4 is 11.1 Å². The fourth-order valence-electron chi connectivity index (χ4n) is 0.562. The number of rotatable bonds is 3. The van der Waals surface area contributed by atoms with E-state index in [4.69, 9.17) is 11.0 Å². The van der Waals surface area contributed by atoms with Gasteiger partial charge < -0.3 is 11.1 Å². The second-order valence-corrected chi connectivity index (χ2v) is 2.56. The van der Waals surface area contributed by atoms with E-state index in [1.807, 2.05) is 6.07 Å². The molecule has 1 amide bonds. The van der Waals surface area contributed by atoms with Crippen LogP contribution in [-0.2, 0) is 4.79 Å². The summed E-state index contributed by atoms with van der Waals surface area (Å²) in [5.74, 6) is -0.215. The van der Waals surface area contributed by atoms with E-state index in [1.165, 1.54) is 0 Å². The van der Waals surface area contributed by atoms with Crippen molar-refractivity contribution in [2.75, 3.05) is 0 Å². The fourth-order valence-corrected chi connectivity index (χ4v) is 0.562. The maximum absolute atomic E-state index is 10.9. The van der Waals surface area contributed by atoms with E-state index in [9.17, 15) is 4.79 Å². The van der Waals surface area contributed by atoms with Crippen molar-refractivity contribution in [3.63, 3.8) is 0 Å². The molecule has 0 saturated heterocycles. The van der Waals surface area contributed by atoms with Gasteiger partial charge in [0.15, 0.2) is 0 Å². The summed E-state index contributed by atoms with van der Waals surface area (Å²) in [6.45, 7) is 3.37. The third-order valence-electron chi connectivity index (χ3n) is 1.20. The highest BCUT2D eigenvalue weighted by Gasteiger charge is 2.09. The fraction of sp³-hybridized carbons (Fsp3) is 0.714. The predicted octanol–water partition coefficient (Wildman–Crippen LogP) is -0.248. The first-order valence-electron chi connectivity index (χ1n) is 3.50. The maximum atomic E-state index is 10.9. The SMILES string of the molecule is CC(CC#N)NC(=O)C(C)N. The number of hydrogen-bond donors (Lipinski definition) is 2. The van der Waals surface area contributed by atoms with Gasteiger partial charge in [0, 0.05) is 6.04 Å². The van der Waals surface area contributed by atoms with Crippen LogP contribution in [0.15, 0.2) is 0 Å². The minimum absolute atomic E-state index is 0.113. The minimum atomic E-state index is -0.504. The third-order valence-corrected chi connectivity index (χ3v) is 1.20. The second-order valence-electron chi connectivity index (χ2n) is 2.56. The van der Waals surface area contributed by atoms with Gasteiger partial charge in [0.2, 0.25) is 5.91 Å². The number of nitrogens with zero attached hydrogens (tertiary/aromatic N) is 1. The molecule has 0 heterocycles. The van der Waals surface area contributed by atoms with E-state index >= 15 is 0 Å². The van der Waals surface area contributed by atoms with Gasteiger partial charge in [0.05, 0.1) is 18.5 Å². The quantitative estimate of drug-likeness (QED) is 0.590. The Hall–Kier alpha value is -1.08. The average molecular weight is 155 g/mol. The average Bonchev–Trinajstić information content (AvgIpc) is 1.87. The number of nitrogens with two attached hydrogens (primary N) is 1. The Morgan fingerprint density at radius 3 is 2.64 bits per heavy atom. The van der Waals surface area contributed by atoms with Crippen LogP contribution in [0, 0.1) is 11.3 Å². The van der Waals surface area contributed by atoms with Gasteiger partial charge >= 0.3 is 0 Å². The lowest BCUT2D eigenvalue weighted by Gasteiger charge is -2.11. The molecular formula is C7H13N3O. The summed E-state index contributed by atoms with van der Waals surface area (Å²) in [5.41, 5.74) is 5.29. The molecule has 0 aliphatic carbocycles. The first kappa shape index (κ1) is 9.92. The first-order valence-corrected chi connectivity index (χ1v) is 3.50. The number of nitriles is 1. The Bertz CT molecular complexity index is 171. The number of carbonyl (C=O) groups is 1. The Morgan fingerprint density at radius 1 is 1.73 bits per heavy atom. The molecule has 0 aliphatic heterocycles. The highest BCUT2D eigenvalue weighted by molar-refractivity contribution is 5.81. The van der Waals surface area contributed by atoms with Crippen LogP contribution in [-0.4, -0.2) is 18.0 Å². The molecule has 62 valence electrons. The van der Waals surface area contributed by atoms with Crippen molar-refractivity contribution in [1.82, 2.24) is 5.32 Å². The van der Waals surface area contributed by atoms with E-state index < -0.39 is 6.04 Å². The maximum Gasteiger partial charge on any atom is 0.236 e. The van der Waals surface area contributed by atoms with Gasteiger partial charge in [-0.05, 0) is 13.8 Å². The second kappa shape index (κ2) is 4.69. The summed E-state index contributed by atoms with van der Waals surface area (Å²) in [5, 5.41) is 10.8. The zero-order chi connectivity index (χ0) is 8.85. The van der Waals surface area contributed by atoms with Crippen LogP contribution in [0.2, 0.25) is 0 Å². The first-order chi connectivity index (χ1) is 5.07. The number of carbonyl (C=O) groups excluding carboxylic acids is 1. The molecule has 3 N–H and O–H groups in total. The Morgan fingerprint density at radius 2 is 2.27 bits per heavy atom. The standard InChI is InChI=1S/C7H13N3O/c1-5(3-4-8)10-7(11)6(2)9/h5-6H,3,9H2,1-2H3,(H,10,11). The number of hydrogen-bond acceptors (Lipinski definition) is 3. The van der Waals surface area contributed by atoms with Gasteiger partial charge in [-0.3, -0.25) is 4.79 Å². The molecule has 0 aromatic rings. The molecule has 4 nitrogen and oxygen atoms in total. The molecule has 0 fully saturated rings. The van der Waals surface area contributed by atoms with Crippen molar-refractivity contribution in [2.45, 2.75) is 32.4 Å². The zero-order valence-electron chi connectivity index (χ0n) is 6.79. The number of nitrogens with one attached hydrogen (secondary N) is 1. The van der Waals surface area contributed by atoms with Crippen molar-refractivity contribution in [3.8, 4) is 6.07 Å². The van der Waals surface area contributed by atoms with E-state index in [0.29, 0.717) is 6.42 Å². The molecule has 0 aromatic carbocycles. The molecule has 2 atom stereocenters. The molecular weight excluding hydrogens is 142 g/mol. The monoisotopic (exact) mass is 155 g/mol. The lowest BCUT2D eigenvalue weighted by molar-refractivity contribution is -0.122. The molecule has 0 bridgehead atoms. The van der Waals surface area contributed by atoms with E-state index in [2.05, 4.69) is 5.32 Å². The van der Waals surface area contributed by atoms with Crippen molar-refractivity contribution in [2.24, 2.45) is 5.73 Å². The lowest BCUT2D eigenvalue weighted by atomic mass is 10.2. The molecule has 11 heavy (non-hydrogen) atoms. The van der Waals surface area contributed by atoms with Gasteiger partial charge in [-0.2, -0.15) is 5.26 Å².